The minimum absolute atomic E-state index is 0.894. The maximum absolute atomic E-state index is 10.6. The lowest BCUT2D eigenvalue weighted by Gasteiger charge is -2.16. The van der Waals surface area contributed by atoms with Crippen LogP contribution in [0.1, 0.15) is 5.82 Å². The molecule has 114 valence electrons. The molecule has 0 atom stereocenters. The molecule has 2 N–H and O–H groups in total. The lowest BCUT2D eigenvalue weighted by Crippen LogP contribution is -2.28. The summed E-state index contributed by atoms with van der Waals surface area (Å²) in [4.78, 5) is 14.6. The van der Waals surface area contributed by atoms with E-state index in [0.29, 0.717) is 0 Å². The topological polar surface area (TPSA) is 67.1 Å². The van der Waals surface area contributed by atoms with E-state index in [2.05, 4.69) is 32.4 Å². The molecule has 0 bridgehead atoms. The minimum Gasteiger partial charge on any atom is -0.475 e. The van der Waals surface area contributed by atoms with Gasteiger partial charge in [0, 0.05) is 13.1 Å². The van der Waals surface area contributed by atoms with E-state index in [9.17, 15) is 13.2 Å². The Morgan fingerprint density at radius 3 is 2.76 bits per heavy atom. The van der Waals surface area contributed by atoms with Crippen molar-refractivity contribution in [1.82, 2.24) is 14.9 Å². The fourth-order valence-electron chi connectivity index (χ4n) is 1.82. The second-order valence-electron chi connectivity index (χ2n) is 4.17. The van der Waals surface area contributed by atoms with Crippen LogP contribution in [0.15, 0.2) is 23.7 Å². The quantitative estimate of drug-likeness (QED) is 0.847. The van der Waals surface area contributed by atoms with E-state index in [-0.39, 0.29) is 0 Å². The number of aromatic nitrogens is 2. The van der Waals surface area contributed by atoms with E-state index in [1.165, 1.54) is 10.6 Å². The Morgan fingerprint density at radius 2 is 2.19 bits per heavy atom. The zero-order valence-electron chi connectivity index (χ0n) is 10.7. The van der Waals surface area contributed by atoms with Gasteiger partial charge in [-0.15, -0.1) is 11.3 Å². The number of hydrogen-bond acceptors (Lipinski definition) is 4. The SMILES string of the molecule is O=C(O)C(F)(F)F.c1csc(-c2cnc3n2CCNC3)c1. The number of nitrogens with one attached hydrogen (secondary N) is 1. The van der Waals surface area contributed by atoms with Gasteiger partial charge in [0.2, 0.25) is 0 Å². The lowest BCUT2D eigenvalue weighted by atomic mass is 10.3. The number of fused-ring (bicyclic) bond motifs is 1. The third kappa shape index (κ3) is 3.82. The number of imidazole rings is 1. The molecule has 2 aromatic heterocycles. The van der Waals surface area contributed by atoms with E-state index in [4.69, 9.17) is 9.90 Å². The molecule has 3 rings (SSSR count). The maximum Gasteiger partial charge on any atom is 0.490 e. The van der Waals surface area contributed by atoms with E-state index in [0.717, 1.165) is 25.5 Å². The van der Waals surface area contributed by atoms with Crippen molar-refractivity contribution >= 4 is 17.3 Å². The van der Waals surface area contributed by atoms with Crippen molar-refractivity contribution in [2.75, 3.05) is 6.54 Å². The predicted molar refractivity (Wildman–Crippen MR) is 70.9 cm³/mol. The molecule has 1 aliphatic heterocycles. The minimum atomic E-state index is -5.08. The van der Waals surface area contributed by atoms with Crippen molar-refractivity contribution in [3.63, 3.8) is 0 Å². The molecule has 3 heterocycles. The maximum atomic E-state index is 10.6. The Bertz CT molecular complexity index is 608. The molecule has 1 aliphatic rings. The average Bonchev–Trinajstić information content (AvgIpc) is 3.07. The number of hydrogen-bond donors (Lipinski definition) is 2. The first-order chi connectivity index (χ1) is 9.89. The Balaban J connectivity index is 0.000000199. The molecule has 0 aliphatic carbocycles. The molecule has 0 spiro atoms. The summed E-state index contributed by atoms with van der Waals surface area (Å²) in [6.07, 6.45) is -3.10. The highest BCUT2D eigenvalue weighted by Crippen LogP contribution is 2.26. The van der Waals surface area contributed by atoms with Crippen LogP contribution in [-0.2, 0) is 17.9 Å². The molecular weight excluding hydrogens is 307 g/mol. The molecule has 0 saturated carbocycles. The standard InChI is InChI=1S/C10H11N3S.C2HF3O2/c1-2-9(14-5-1)8-6-12-10-7-11-3-4-13(8)10;3-2(4,5)1(6)7/h1-2,5-6,11H,3-4,7H2;(H,6,7). The van der Waals surface area contributed by atoms with Crippen LogP contribution in [0.3, 0.4) is 0 Å². The molecule has 9 heteroatoms. The number of thiophene rings is 1. The Labute approximate surface area is 122 Å². The van der Waals surface area contributed by atoms with Crippen molar-refractivity contribution in [2.24, 2.45) is 0 Å². The second-order valence-corrected chi connectivity index (χ2v) is 5.12. The summed E-state index contributed by atoms with van der Waals surface area (Å²) in [5, 5.41) is 12.6. The molecule has 0 unspecified atom stereocenters. The highest BCUT2D eigenvalue weighted by atomic mass is 32.1. The van der Waals surface area contributed by atoms with Crippen LogP contribution < -0.4 is 5.32 Å². The number of carboxylic acids is 1. The number of alkyl halides is 3. The number of halogens is 3. The Morgan fingerprint density at radius 1 is 1.48 bits per heavy atom. The number of nitrogens with zero attached hydrogens (tertiary/aromatic N) is 2. The molecule has 0 saturated heterocycles. The van der Waals surface area contributed by atoms with Gasteiger partial charge in [-0.25, -0.2) is 9.78 Å². The molecule has 21 heavy (non-hydrogen) atoms. The van der Waals surface area contributed by atoms with Crippen LogP contribution in [-0.4, -0.2) is 33.3 Å². The monoisotopic (exact) mass is 319 g/mol. The molecule has 0 aromatic carbocycles. The first-order valence-corrected chi connectivity index (χ1v) is 6.86. The smallest absolute Gasteiger partial charge is 0.475 e. The van der Waals surface area contributed by atoms with Gasteiger partial charge < -0.3 is 15.0 Å². The highest BCUT2D eigenvalue weighted by Gasteiger charge is 2.38. The van der Waals surface area contributed by atoms with Gasteiger partial charge in [-0.05, 0) is 11.4 Å². The van der Waals surface area contributed by atoms with Gasteiger partial charge >= 0.3 is 12.1 Å². The molecular formula is C12H12F3N3O2S. The van der Waals surface area contributed by atoms with Crippen LogP contribution in [0.5, 0.6) is 0 Å². The van der Waals surface area contributed by atoms with Crippen LogP contribution in [0.2, 0.25) is 0 Å². The Kier molecular flexibility index (Phi) is 4.63. The van der Waals surface area contributed by atoms with E-state index < -0.39 is 12.1 Å². The number of rotatable bonds is 1. The van der Waals surface area contributed by atoms with Gasteiger partial charge in [-0.1, -0.05) is 6.07 Å². The van der Waals surface area contributed by atoms with Gasteiger partial charge in [-0.2, -0.15) is 13.2 Å². The number of carbonyl (C=O) groups is 1. The van der Waals surface area contributed by atoms with Crippen molar-refractivity contribution in [2.45, 2.75) is 19.3 Å². The number of carboxylic acid groups (broad SMARTS) is 1. The van der Waals surface area contributed by atoms with Crippen LogP contribution in [0, 0.1) is 0 Å². The van der Waals surface area contributed by atoms with Crippen molar-refractivity contribution in [3.8, 4) is 10.6 Å². The summed E-state index contributed by atoms with van der Waals surface area (Å²) >= 11 is 1.77. The largest absolute Gasteiger partial charge is 0.490 e. The van der Waals surface area contributed by atoms with Gasteiger partial charge in [0.15, 0.2) is 0 Å². The van der Waals surface area contributed by atoms with Crippen LogP contribution in [0.4, 0.5) is 13.2 Å². The van der Waals surface area contributed by atoms with E-state index >= 15 is 0 Å². The zero-order valence-corrected chi connectivity index (χ0v) is 11.5. The van der Waals surface area contributed by atoms with Crippen LogP contribution in [0.25, 0.3) is 10.6 Å². The molecule has 2 aromatic rings. The fourth-order valence-corrected chi connectivity index (χ4v) is 2.56. The van der Waals surface area contributed by atoms with Crippen LogP contribution >= 0.6 is 11.3 Å². The molecule has 0 radical (unpaired) electrons. The van der Waals surface area contributed by atoms with Gasteiger partial charge in [0.05, 0.1) is 23.3 Å². The van der Waals surface area contributed by atoms with Gasteiger partial charge in [-0.3, -0.25) is 0 Å². The average molecular weight is 319 g/mol. The summed E-state index contributed by atoms with van der Waals surface area (Å²) in [7, 11) is 0. The summed E-state index contributed by atoms with van der Waals surface area (Å²) in [6, 6.07) is 4.23. The third-order valence-electron chi connectivity index (χ3n) is 2.75. The Hall–Kier alpha value is -1.87. The van der Waals surface area contributed by atoms with Gasteiger partial charge in [0.1, 0.15) is 5.82 Å². The van der Waals surface area contributed by atoms with Crippen molar-refractivity contribution < 1.29 is 23.1 Å². The second kappa shape index (κ2) is 6.27. The van der Waals surface area contributed by atoms with E-state index in [1.54, 1.807) is 11.3 Å². The van der Waals surface area contributed by atoms with Gasteiger partial charge in [0.25, 0.3) is 0 Å². The lowest BCUT2D eigenvalue weighted by molar-refractivity contribution is -0.192. The van der Waals surface area contributed by atoms with Crippen molar-refractivity contribution in [1.29, 1.82) is 0 Å². The summed E-state index contributed by atoms with van der Waals surface area (Å²) < 4.78 is 34.0. The fraction of sp³-hybridized carbons (Fsp3) is 0.333. The first-order valence-electron chi connectivity index (χ1n) is 5.98. The molecule has 0 fully saturated rings. The van der Waals surface area contributed by atoms with Crippen molar-refractivity contribution in [3.05, 3.63) is 29.5 Å². The summed E-state index contributed by atoms with van der Waals surface area (Å²) in [5.41, 5.74) is 1.26. The zero-order chi connectivity index (χ0) is 15.5. The summed E-state index contributed by atoms with van der Waals surface area (Å²) in [6.45, 7) is 2.97. The molecule has 0 amide bonds. The summed E-state index contributed by atoms with van der Waals surface area (Å²) in [5.74, 6) is -1.60. The normalized spacial score (nSPS) is 14.0. The first kappa shape index (κ1) is 15.5. The predicted octanol–water partition coefficient (Wildman–Crippen LogP) is 2.35. The van der Waals surface area contributed by atoms with E-state index in [1.807, 2.05) is 6.20 Å². The molecule has 5 nitrogen and oxygen atoms in total. The highest BCUT2D eigenvalue weighted by molar-refractivity contribution is 7.13. The number of aliphatic carboxylic acids is 1. The third-order valence-corrected chi connectivity index (χ3v) is 3.64.